The van der Waals surface area contributed by atoms with E-state index in [9.17, 15) is 4.79 Å². The topological polar surface area (TPSA) is 80.3 Å². The van der Waals surface area contributed by atoms with Crippen LogP contribution in [-0.2, 0) is 6.54 Å². The molecule has 1 aliphatic heterocycles. The van der Waals surface area contributed by atoms with Gasteiger partial charge < -0.3 is 15.5 Å². The van der Waals surface area contributed by atoms with Crippen LogP contribution in [-0.4, -0.2) is 52.9 Å². The zero-order valence-electron chi connectivity index (χ0n) is 11.9. The van der Waals surface area contributed by atoms with Crippen molar-refractivity contribution in [2.24, 2.45) is 0 Å². The molecule has 1 aliphatic rings. The maximum absolute atomic E-state index is 12.2. The Hall–Kier alpha value is -1.93. The minimum Gasteiger partial charge on any atom is -0.375 e. The Labute approximate surface area is 126 Å². The van der Waals surface area contributed by atoms with Crippen molar-refractivity contribution in [2.45, 2.75) is 6.54 Å². The first kappa shape index (κ1) is 14.0. The quantitative estimate of drug-likeness (QED) is 0.865. The number of aromatic nitrogens is 3. The van der Waals surface area contributed by atoms with Crippen LogP contribution in [0.1, 0.15) is 5.69 Å². The molecule has 1 saturated heterocycles. The van der Waals surface area contributed by atoms with E-state index in [-0.39, 0.29) is 5.56 Å². The van der Waals surface area contributed by atoms with Crippen LogP contribution in [0.5, 0.6) is 0 Å². The van der Waals surface area contributed by atoms with Crippen LogP contribution in [0.25, 0.3) is 0 Å². The van der Waals surface area contributed by atoms with Crippen LogP contribution in [0.15, 0.2) is 22.4 Å². The smallest absolute Gasteiger partial charge is 0.269 e. The molecule has 0 aliphatic carbocycles. The van der Waals surface area contributed by atoms with Crippen molar-refractivity contribution in [1.82, 2.24) is 19.7 Å². The van der Waals surface area contributed by atoms with Gasteiger partial charge in [-0.25, -0.2) is 9.67 Å². The SMILES string of the molecule is CN1CCN(c2cnn(Cc3csc(N)n3)c(=O)c2)CC1. The molecule has 0 saturated carbocycles. The third kappa shape index (κ3) is 3.22. The third-order valence-corrected chi connectivity index (χ3v) is 4.33. The van der Waals surface area contributed by atoms with E-state index in [1.807, 2.05) is 5.38 Å². The molecule has 0 spiro atoms. The summed E-state index contributed by atoms with van der Waals surface area (Å²) >= 11 is 1.37. The van der Waals surface area contributed by atoms with Crippen molar-refractivity contribution >= 4 is 22.2 Å². The molecule has 112 valence electrons. The van der Waals surface area contributed by atoms with Gasteiger partial charge in [-0.05, 0) is 7.05 Å². The molecule has 0 aromatic carbocycles. The first-order valence-electron chi connectivity index (χ1n) is 6.82. The van der Waals surface area contributed by atoms with Gasteiger partial charge in [-0.3, -0.25) is 4.79 Å². The summed E-state index contributed by atoms with van der Waals surface area (Å²) in [4.78, 5) is 20.8. The Morgan fingerprint density at radius 2 is 2.10 bits per heavy atom. The highest BCUT2D eigenvalue weighted by molar-refractivity contribution is 7.13. The monoisotopic (exact) mass is 306 g/mol. The van der Waals surface area contributed by atoms with Gasteiger partial charge in [-0.1, -0.05) is 0 Å². The van der Waals surface area contributed by atoms with E-state index in [0.29, 0.717) is 11.7 Å². The number of nitrogens with two attached hydrogens (primary N) is 1. The van der Waals surface area contributed by atoms with Gasteiger partial charge in [0.1, 0.15) is 0 Å². The normalized spacial score (nSPS) is 16.3. The summed E-state index contributed by atoms with van der Waals surface area (Å²) < 4.78 is 1.41. The van der Waals surface area contributed by atoms with Crippen LogP contribution < -0.4 is 16.2 Å². The lowest BCUT2D eigenvalue weighted by Gasteiger charge is -2.33. The summed E-state index contributed by atoms with van der Waals surface area (Å²) in [6.07, 6.45) is 1.75. The van der Waals surface area contributed by atoms with E-state index in [0.717, 1.165) is 37.6 Å². The second kappa shape index (κ2) is 5.82. The van der Waals surface area contributed by atoms with Crippen LogP contribution in [0, 0.1) is 0 Å². The fourth-order valence-corrected chi connectivity index (χ4v) is 2.88. The number of rotatable bonds is 3. The van der Waals surface area contributed by atoms with Gasteiger partial charge in [-0.15, -0.1) is 11.3 Å². The average molecular weight is 306 g/mol. The standard InChI is InChI=1S/C13H18N6OS/c1-17-2-4-18(5-3-17)11-6-12(20)19(15-7-11)8-10-9-21-13(14)16-10/h6-7,9H,2-5,8H2,1H3,(H2,14,16). The molecule has 0 atom stereocenters. The van der Waals surface area contributed by atoms with Gasteiger partial charge in [-0.2, -0.15) is 5.10 Å². The van der Waals surface area contributed by atoms with E-state index in [1.165, 1.54) is 16.0 Å². The van der Waals surface area contributed by atoms with Crippen molar-refractivity contribution in [3.63, 3.8) is 0 Å². The van der Waals surface area contributed by atoms with Gasteiger partial charge >= 0.3 is 0 Å². The molecule has 2 N–H and O–H groups in total. The van der Waals surface area contributed by atoms with Crippen molar-refractivity contribution in [3.05, 3.63) is 33.7 Å². The van der Waals surface area contributed by atoms with Crippen LogP contribution >= 0.6 is 11.3 Å². The number of nitrogens with zero attached hydrogens (tertiary/aromatic N) is 5. The molecule has 0 radical (unpaired) electrons. The Kier molecular flexibility index (Phi) is 3.89. The molecule has 1 fully saturated rings. The number of anilines is 2. The molecule has 21 heavy (non-hydrogen) atoms. The van der Waals surface area contributed by atoms with Crippen molar-refractivity contribution < 1.29 is 0 Å². The van der Waals surface area contributed by atoms with Gasteiger partial charge in [0.2, 0.25) is 0 Å². The Morgan fingerprint density at radius 3 is 2.71 bits per heavy atom. The molecule has 2 aromatic rings. The van der Waals surface area contributed by atoms with Crippen molar-refractivity contribution in [2.75, 3.05) is 43.9 Å². The predicted octanol–water partition coefficient (Wildman–Crippen LogP) is 0.0821. The molecule has 7 nitrogen and oxygen atoms in total. The molecule has 3 rings (SSSR count). The second-order valence-electron chi connectivity index (χ2n) is 5.18. The summed E-state index contributed by atoms with van der Waals surface area (Å²) in [6, 6.07) is 1.65. The maximum Gasteiger partial charge on any atom is 0.269 e. The minimum atomic E-state index is -0.113. The Bertz CT molecular complexity index is 673. The van der Waals surface area contributed by atoms with Crippen LogP contribution in [0.2, 0.25) is 0 Å². The molecular formula is C13H18N6OS. The van der Waals surface area contributed by atoms with Crippen LogP contribution in [0.3, 0.4) is 0 Å². The lowest BCUT2D eigenvalue weighted by molar-refractivity contribution is 0.312. The van der Waals surface area contributed by atoms with Gasteiger partial charge in [0, 0.05) is 37.6 Å². The fraction of sp³-hybridized carbons (Fsp3) is 0.462. The number of thiazole rings is 1. The molecular weight excluding hydrogens is 288 g/mol. The molecule has 8 heteroatoms. The molecule has 0 amide bonds. The summed E-state index contributed by atoms with van der Waals surface area (Å²) in [5, 5.41) is 6.60. The molecule has 3 heterocycles. The second-order valence-corrected chi connectivity index (χ2v) is 6.07. The van der Waals surface area contributed by atoms with E-state index in [1.54, 1.807) is 12.3 Å². The molecule has 2 aromatic heterocycles. The summed E-state index contributed by atoms with van der Waals surface area (Å²) in [5.74, 6) is 0. The predicted molar refractivity (Wildman–Crippen MR) is 83.8 cm³/mol. The van der Waals surface area contributed by atoms with E-state index in [2.05, 4.69) is 26.9 Å². The average Bonchev–Trinajstić information content (AvgIpc) is 2.87. The molecule has 0 unspecified atom stereocenters. The highest BCUT2D eigenvalue weighted by Crippen LogP contribution is 2.13. The van der Waals surface area contributed by atoms with E-state index >= 15 is 0 Å². The third-order valence-electron chi connectivity index (χ3n) is 3.60. The zero-order chi connectivity index (χ0) is 14.8. The summed E-state index contributed by atoms with van der Waals surface area (Å²) in [5.41, 5.74) is 7.13. The highest BCUT2D eigenvalue weighted by Gasteiger charge is 2.15. The first-order chi connectivity index (χ1) is 10.1. The zero-order valence-corrected chi connectivity index (χ0v) is 12.7. The number of hydrogen-bond donors (Lipinski definition) is 1. The largest absolute Gasteiger partial charge is 0.375 e. The Morgan fingerprint density at radius 1 is 1.33 bits per heavy atom. The minimum absolute atomic E-state index is 0.113. The fourth-order valence-electron chi connectivity index (χ4n) is 2.33. The van der Waals surface area contributed by atoms with Crippen LogP contribution in [0.4, 0.5) is 10.8 Å². The summed E-state index contributed by atoms with van der Waals surface area (Å²) in [7, 11) is 2.10. The maximum atomic E-state index is 12.2. The lowest BCUT2D eigenvalue weighted by Crippen LogP contribution is -2.45. The number of piperazine rings is 1. The number of hydrogen-bond acceptors (Lipinski definition) is 7. The Balaban J connectivity index is 1.75. The summed E-state index contributed by atoms with van der Waals surface area (Å²) in [6.45, 7) is 4.20. The molecule has 0 bridgehead atoms. The van der Waals surface area contributed by atoms with Crippen molar-refractivity contribution in [1.29, 1.82) is 0 Å². The van der Waals surface area contributed by atoms with Crippen molar-refractivity contribution in [3.8, 4) is 0 Å². The van der Waals surface area contributed by atoms with E-state index in [4.69, 9.17) is 5.73 Å². The highest BCUT2D eigenvalue weighted by atomic mass is 32.1. The van der Waals surface area contributed by atoms with Gasteiger partial charge in [0.25, 0.3) is 5.56 Å². The van der Waals surface area contributed by atoms with Gasteiger partial charge in [0.15, 0.2) is 5.13 Å². The lowest BCUT2D eigenvalue weighted by atomic mass is 10.3. The first-order valence-corrected chi connectivity index (χ1v) is 7.70. The number of nitrogen functional groups attached to an aromatic ring is 1. The number of likely N-dealkylation sites (N-methyl/N-ethyl adjacent to an activating group) is 1. The van der Waals surface area contributed by atoms with E-state index < -0.39 is 0 Å². The van der Waals surface area contributed by atoms with Gasteiger partial charge in [0.05, 0.1) is 24.1 Å².